The van der Waals surface area contributed by atoms with Crippen LogP contribution in [-0.2, 0) is 23.0 Å². The summed E-state index contributed by atoms with van der Waals surface area (Å²) in [5.74, 6) is -0.124. The maximum atomic E-state index is 12.7. The Morgan fingerprint density at radius 3 is 2.83 bits per heavy atom. The zero-order valence-electron chi connectivity index (χ0n) is 13.1. The second-order valence-corrected chi connectivity index (χ2v) is 8.20. The van der Waals surface area contributed by atoms with Crippen LogP contribution in [-0.4, -0.2) is 65.6 Å². The van der Waals surface area contributed by atoms with Crippen molar-refractivity contribution in [3.8, 4) is 0 Å². The number of hydrogen-bond donors (Lipinski definition) is 1. The highest BCUT2D eigenvalue weighted by Gasteiger charge is 2.29. The number of pyridine rings is 1. The molecule has 0 spiro atoms. The Balaban J connectivity index is 1.87. The number of aromatic nitrogens is 1. The van der Waals surface area contributed by atoms with Crippen LogP contribution in [0.3, 0.4) is 0 Å². The Morgan fingerprint density at radius 1 is 1.35 bits per heavy atom. The Hall–Kier alpha value is -1.51. The molecule has 1 unspecified atom stereocenters. The van der Waals surface area contributed by atoms with Gasteiger partial charge < -0.3 is 10.0 Å². The predicted octanol–water partition coefficient (Wildman–Crippen LogP) is -0.00380. The van der Waals surface area contributed by atoms with Crippen LogP contribution in [0.5, 0.6) is 0 Å². The van der Waals surface area contributed by atoms with Gasteiger partial charge in [0.15, 0.2) is 0 Å². The Bertz CT molecular complexity index is 719. The standard InChI is InChI=1S/C15H21N3O4S/c1-23(21,22)18-6-4-13-11(9-18)7-16-8-14(13)15(20)17-5-2-3-12(19)10-17/h7-8,12,19H,2-6,9-10H2,1H3. The van der Waals surface area contributed by atoms with Crippen molar-refractivity contribution in [2.75, 3.05) is 25.9 Å². The third kappa shape index (κ3) is 3.39. The highest BCUT2D eigenvalue weighted by atomic mass is 32.2. The second kappa shape index (κ2) is 6.18. The molecule has 0 aromatic carbocycles. The van der Waals surface area contributed by atoms with E-state index in [9.17, 15) is 18.3 Å². The van der Waals surface area contributed by atoms with Gasteiger partial charge in [0.1, 0.15) is 0 Å². The van der Waals surface area contributed by atoms with E-state index in [0.717, 1.165) is 24.0 Å². The van der Waals surface area contributed by atoms with E-state index in [1.165, 1.54) is 10.6 Å². The number of fused-ring (bicyclic) bond motifs is 1. The highest BCUT2D eigenvalue weighted by molar-refractivity contribution is 7.88. The molecule has 0 aliphatic carbocycles. The quantitative estimate of drug-likeness (QED) is 0.819. The van der Waals surface area contributed by atoms with Crippen molar-refractivity contribution in [3.63, 3.8) is 0 Å². The van der Waals surface area contributed by atoms with E-state index < -0.39 is 16.1 Å². The van der Waals surface area contributed by atoms with Gasteiger partial charge in [0.2, 0.25) is 10.0 Å². The summed E-state index contributed by atoms with van der Waals surface area (Å²) in [6.07, 6.45) is 5.92. The van der Waals surface area contributed by atoms with Gasteiger partial charge >= 0.3 is 0 Å². The molecule has 3 rings (SSSR count). The maximum absolute atomic E-state index is 12.7. The molecular formula is C15H21N3O4S. The molecule has 23 heavy (non-hydrogen) atoms. The van der Waals surface area contributed by atoms with Gasteiger partial charge in [-0.15, -0.1) is 0 Å². The zero-order valence-corrected chi connectivity index (χ0v) is 13.9. The van der Waals surface area contributed by atoms with Gasteiger partial charge in [-0.25, -0.2) is 8.42 Å². The van der Waals surface area contributed by atoms with E-state index in [4.69, 9.17) is 0 Å². The van der Waals surface area contributed by atoms with E-state index >= 15 is 0 Å². The predicted molar refractivity (Wildman–Crippen MR) is 84.3 cm³/mol. The Morgan fingerprint density at radius 2 is 2.13 bits per heavy atom. The lowest BCUT2D eigenvalue weighted by Gasteiger charge is -2.32. The van der Waals surface area contributed by atoms with Crippen LogP contribution < -0.4 is 0 Å². The van der Waals surface area contributed by atoms with Crippen LogP contribution in [0.25, 0.3) is 0 Å². The lowest BCUT2D eigenvalue weighted by Crippen LogP contribution is -2.43. The minimum atomic E-state index is -3.25. The van der Waals surface area contributed by atoms with E-state index in [1.807, 2.05) is 0 Å². The molecule has 1 amide bonds. The average molecular weight is 339 g/mol. The number of aliphatic hydroxyl groups excluding tert-OH is 1. The van der Waals surface area contributed by atoms with Crippen molar-refractivity contribution in [2.24, 2.45) is 0 Å². The molecule has 1 atom stereocenters. The van der Waals surface area contributed by atoms with E-state index in [0.29, 0.717) is 31.6 Å². The van der Waals surface area contributed by atoms with Crippen molar-refractivity contribution < 1.29 is 18.3 Å². The summed E-state index contributed by atoms with van der Waals surface area (Å²) >= 11 is 0. The number of amides is 1. The van der Waals surface area contributed by atoms with Crippen LogP contribution in [0.2, 0.25) is 0 Å². The smallest absolute Gasteiger partial charge is 0.255 e. The van der Waals surface area contributed by atoms with Crippen LogP contribution in [0.15, 0.2) is 12.4 Å². The van der Waals surface area contributed by atoms with Crippen LogP contribution in [0.1, 0.15) is 34.3 Å². The van der Waals surface area contributed by atoms with Crippen molar-refractivity contribution in [1.29, 1.82) is 0 Å². The first-order valence-corrected chi connectivity index (χ1v) is 9.59. The number of piperidine rings is 1. The topological polar surface area (TPSA) is 90.8 Å². The minimum absolute atomic E-state index is 0.124. The molecular weight excluding hydrogens is 318 g/mol. The monoisotopic (exact) mass is 339 g/mol. The van der Waals surface area contributed by atoms with Crippen molar-refractivity contribution in [2.45, 2.75) is 31.9 Å². The van der Waals surface area contributed by atoms with Crippen molar-refractivity contribution in [1.82, 2.24) is 14.2 Å². The molecule has 3 heterocycles. The molecule has 1 fully saturated rings. The molecule has 0 bridgehead atoms. The summed E-state index contributed by atoms with van der Waals surface area (Å²) < 4.78 is 24.8. The molecule has 8 heteroatoms. The van der Waals surface area contributed by atoms with E-state index in [2.05, 4.69) is 4.98 Å². The maximum Gasteiger partial charge on any atom is 0.255 e. The Kier molecular flexibility index (Phi) is 4.39. The number of nitrogens with zero attached hydrogens (tertiary/aromatic N) is 3. The average Bonchev–Trinajstić information content (AvgIpc) is 2.52. The molecule has 1 aromatic heterocycles. The number of rotatable bonds is 2. The Labute approximate surface area is 136 Å². The summed E-state index contributed by atoms with van der Waals surface area (Å²) in [6, 6.07) is 0. The number of carbonyl (C=O) groups excluding carboxylic acids is 1. The summed E-state index contributed by atoms with van der Waals surface area (Å²) in [5.41, 5.74) is 2.19. The van der Waals surface area contributed by atoms with E-state index in [-0.39, 0.29) is 12.5 Å². The zero-order chi connectivity index (χ0) is 16.6. The fourth-order valence-corrected chi connectivity index (χ4v) is 4.04. The third-order valence-corrected chi connectivity index (χ3v) is 5.74. The van der Waals surface area contributed by atoms with Gasteiger partial charge in [-0.05, 0) is 30.4 Å². The molecule has 0 saturated carbocycles. The SMILES string of the molecule is CS(=O)(=O)N1CCc2c(cncc2C(=O)N2CCCC(O)C2)C1. The molecule has 1 saturated heterocycles. The third-order valence-electron chi connectivity index (χ3n) is 4.49. The van der Waals surface area contributed by atoms with Crippen molar-refractivity contribution in [3.05, 3.63) is 29.1 Å². The molecule has 7 nitrogen and oxygen atoms in total. The first-order chi connectivity index (χ1) is 10.9. The largest absolute Gasteiger partial charge is 0.391 e. The van der Waals surface area contributed by atoms with Crippen LogP contribution in [0.4, 0.5) is 0 Å². The van der Waals surface area contributed by atoms with E-state index in [1.54, 1.807) is 17.3 Å². The number of aliphatic hydroxyl groups is 1. The fraction of sp³-hybridized carbons (Fsp3) is 0.600. The molecule has 2 aliphatic rings. The lowest BCUT2D eigenvalue weighted by molar-refractivity contribution is 0.0472. The van der Waals surface area contributed by atoms with Crippen LogP contribution in [0, 0.1) is 0 Å². The lowest BCUT2D eigenvalue weighted by atomic mass is 9.97. The first kappa shape index (κ1) is 16.4. The van der Waals surface area contributed by atoms with Gasteiger partial charge in [0.05, 0.1) is 17.9 Å². The summed E-state index contributed by atoms with van der Waals surface area (Å²) in [5, 5.41) is 9.76. The van der Waals surface area contributed by atoms with Gasteiger partial charge in [-0.2, -0.15) is 4.31 Å². The number of sulfonamides is 1. The molecule has 1 aromatic rings. The fourth-order valence-electron chi connectivity index (χ4n) is 3.24. The number of hydrogen-bond acceptors (Lipinski definition) is 5. The van der Waals surface area contributed by atoms with Gasteiger partial charge in [-0.1, -0.05) is 0 Å². The molecule has 1 N–H and O–H groups in total. The van der Waals surface area contributed by atoms with Gasteiger partial charge in [-0.3, -0.25) is 9.78 Å². The highest BCUT2D eigenvalue weighted by Crippen LogP contribution is 2.25. The molecule has 2 aliphatic heterocycles. The van der Waals surface area contributed by atoms with Gasteiger partial charge in [0.25, 0.3) is 5.91 Å². The van der Waals surface area contributed by atoms with Crippen LogP contribution >= 0.6 is 0 Å². The number of β-amino-alcohol motifs (C(OH)–C–C–N with tert-alkyl or cyclic N) is 1. The number of likely N-dealkylation sites (tertiary alicyclic amines) is 1. The molecule has 126 valence electrons. The normalized spacial score (nSPS) is 22.7. The van der Waals surface area contributed by atoms with Crippen molar-refractivity contribution >= 4 is 15.9 Å². The first-order valence-electron chi connectivity index (χ1n) is 7.74. The molecule has 0 radical (unpaired) electrons. The van der Waals surface area contributed by atoms with Gasteiger partial charge in [0, 0.05) is 38.6 Å². The summed E-state index contributed by atoms with van der Waals surface area (Å²) in [7, 11) is -3.25. The second-order valence-electron chi connectivity index (χ2n) is 6.22. The summed E-state index contributed by atoms with van der Waals surface area (Å²) in [4.78, 5) is 18.5. The minimum Gasteiger partial charge on any atom is -0.391 e. The summed E-state index contributed by atoms with van der Waals surface area (Å²) in [6.45, 7) is 1.61. The number of carbonyl (C=O) groups is 1.